The fraction of sp³-hybridized carbons (Fsp3) is 0.500. The molecule has 3 N–H and O–H groups in total. The maximum atomic E-state index is 5.75. The summed E-state index contributed by atoms with van der Waals surface area (Å²) in [5.74, 6) is 0. The third-order valence-electron chi connectivity index (χ3n) is 2.78. The number of rotatable bonds is 4. The highest BCUT2D eigenvalue weighted by atomic mass is 79.9. The van der Waals surface area contributed by atoms with E-state index in [1.807, 2.05) is 18.2 Å². The second kappa shape index (κ2) is 5.66. The number of halogens is 1. The van der Waals surface area contributed by atoms with E-state index in [1.54, 1.807) is 0 Å². The SMILES string of the molecule is Nc1ccc(Br)c(CNCC2CCCO2)c1. The molecular weight excluding hydrogens is 268 g/mol. The molecule has 0 spiro atoms. The van der Waals surface area contributed by atoms with Crippen molar-refractivity contribution in [1.29, 1.82) is 0 Å². The first-order valence-corrected chi connectivity index (χ1v) is 6.41. The lowest BCUT2D eigenvalue weighted by Gasteiger charge is -2.11. The van der Waals surface area contributed by atoms with E-state index in [0.29, 0.717) is 6.10 Å². The standard InChI is InChI=1S/C12H17BrN2O/c13-12-4-3-10(14)6-9(12)7-15-8-11-2-1-5-16-11/h3-4,6,11,15H,1-2,5,7-8,14H2. The molecule has 1 atom stereocenters. The van der Waals surface area contributed by atoms with Gasteiger partial charge >= 0.3 is 0 Å². The molecule has 1 fully saturated rings. The van der Waals surface area contributed by atoms with Crippen molar-refractivity contribution in [3.8, 4) is 0 Å². The summed E-state index contributed by atoms with van der Waals surface area (Å²) in [5, 5.41) is 3.40. The Bertz CT molecular complexity index is 351. The van der Waals surface area contributed by atoms with Crippen LogP contribution in [-0.2, 0) is 11.3 Å². The zero-order valence-electron chi connectivity index (χ0n) is 9.21. The fourth-order valence-corrected chi connectivity index (χ4v) is 2.29. The average Bonchev–Trinajstić information content (AvgIpc) is 2.76. The van der Waals surface area contributed by atoms with E-state index in [0.717, 1.165) is 29.9 Å². The zero-order valence-corrected chi connectivity index (χ0v) is 10.8. The van der Waals surface area contributed by atoms with Gasteiger partial charge in [0, 0.05) is 29.9 Å². The molecule has 0 amide bonds. The van der Waals surface area contributed by atoms with Gasteiger partial charge in [0.15, 0.2) is 0 Å². The maximum Gasteiger partial charge on any atom is 0.0700 e. The van der Waals surface area contributed by atoms with Crippen molar-refractivity contribution in [3.05, 3.63) is 28.2 Å². The van der Waals surface area contributed by atoms with Gasteiger partial charge in [0.05, 0.1) is 6.10 Å². The van der Waals surface area contributed by atoms with Crippen LogP contribution in [0.4, 0.5) is 5.69 Å². The van der Waals surface area contributed by atoms with Crippen LogP contribution in [0.25, 0.3) is 0 Å². The van der Waals surface area contributed by atoms with Crippen LogP contribution in [0.2, 0.25) is 0 Å². The molecule has 0 aromatic heterocycles. The van der Waals surface area contributed by atoms with E-state index in [2.05, 4.69) is 21.2 Å². The Morgan fingerprint density at radius 1 is 1.50 bits per heavy atom. The molecule has 4 heteroatoms. The summed E-state index contributed by atoms with van der Waals surface area (Å²) < 4.78 is 6.64. The Labute approximate surface area is 104 Å². The maximum absolute atomic E-state index is 5.75. The topological polar surface area (TPSA) is 47.3 Å². The molecule has 16 heavy (non-hydrogen) atoms. The van der Waals surface area contributed by atoms with Gasteiger partial charge in [0.1, 0.15) is 0 Å². The number of nitrogens with two attached hydrogens (primary N) is 1. The summed E-state index contributed by atoms with van der Waals surface area (Å²) in [5.41, 5.74) is 7.74. The van der Waals surface area contributed by atoms with Gasteiger partial charge in [-0.2, -0.15) is 0 Å². The van der Waals surface area contributed by atoms with E-state index < -0.39 is 0 Å². The monoisotopic (exact) mass is 284 g/mol. The summed E-state index contributed by atoms with van der Waals surface area (Å²) in [7, 11) is 0. The van der Waals surface area contributed by atoms with E-state index in [1.165, 1.54) is 18.4 Å². The summed E-state index contributed by atoms with van der Waals surface area (Å²) >= 11 is 3.52. The Morgan fingerprint density at radius 2 is 2.38 bits per heavy atom. The molecule has 3 nitrogen and oxygen atoms in total. The first kappa shape index (κ1) is 11.9. The normalized spacial score (nSPS) is 20.2. The highest BCUT2D eigenvalue weighted by Crippen LogP contribution is 2.19. The minimum absolute atomic E-state index is 0.389. The predicted molar refractivity (Wildman–Crippen MR) is 69.2 cm³/mol. The number of nitrogen functional groups attached to an aromatic ring is 1. The average molecular weight is 285 g/mol. The summed E-state index contributed by atoms with van der Waals surface area (Å²) in [4.78, 5) is 0. The minimum Gasteiger partial charge on any atom is -0.399 e. The lowest BCUT2D eigenvalue weighted by atomic mass is 10.2. The van der Waals surface area contributed by atoms with Crippen LogP contribution in [0.1, 0.15) is 18.4 Å². The molecule has 2 rings (SSSR count). The van der Waals surface area contributed by atoms with Crippen LogP contribution < -0.4 is 11.1 Å². The smallest absolute Gasteiger partial charge is 0.0700 e. The van der Waals surface area contributed by atoms with Gasteiger partial charge in [0.25, 0.3) is 0 Å². The third kappa shape index (κ3) is 3.20. The fourth-order valence-electron chi connectivity index (χ4n) is 1.90. The molecular formula is C12H17BrN2O. The number of ether oxygens (including phenoxy) is 1. The highest BCUT2D eigenvalue weighted by molar-refractivity contribution is 9.10. The molecule has 0 bridgehead atoms. The van der Waals surface area contributed by atoms with Gasteiger partial charge in [-0.25, -0.2) is 0 Å². The zero-order chi connectivity index (χ0) is 11.4. The quantitative estimate of drug-likeness (QED) is 0.834. The van der Waals surface area contributed by atoms with Crippen molar-refractivity contribution >= 4 is 21.6 Å². The molecule has 1 aliphatic heterocycles. The minimum atomic E-state index is 0.389. The van der Waals surface area contributed by atoms with Gasteiger partial charge in [-0.3, -0.25) is 0 Å². The van der Waals surface area contributed by atoms with Crippen LogP contribution in [0.5, 0.6) is 0 Å². The Balaban J connectivity index is 1.82. The Kier molecular flexibility index (Phi) is 4.21. The third-order valence-corrected chi connectivity index (χ3v) is 3.55. The van der Waals surface area contributed by atoms with Gasteiger partial charge in [-0.15, -0.1) is 0 Å². The van der Waals surface area contributed by atoms with Crippen molar-refractivity contribution in [2.24, 2.45) is 0 Å². The second-order valence-electron chi connectivity index (χ2n) is 4.12. The van der Waals surface area contributed by atoms with Crippen LogP contribution in [0.3, 0.4) is 0 Å². The number of hydrogen-bond donors (Lipinski definition) is 2. The van der Waals surface area contributed by atoms with Crippen molar-refractivity contribution in [2.45, 2.75) is 25.5 Å². The summed E-state index contributed by atoms with van der Waals surface area (Å²) in [6, 6.07) is 5.87. The van der Waals surface area contributed by atoms with Crippen LogP contribution in [0, 0.1) is 0 Å². The number of nitrogens with one attached hydrogen (secondary N) is 1. The molecule has 1 saturated heterocycles. The molecule has 0 aliphatic carbocycles. The van der Waals surface area contributed by atoms with Crippen molar-refractivity contribution in [1.82, 2.24) is 5.32 Å². The second-order valence-corrected chi connectivity index (χ2v) is 4.97. The van der Waals surface area contributed by atoms with Crippen molar-refractivity contribution in [2.75, 3.05) is 18.9 Å². The Morgan fingerprint density at radius 3 is 3.12 bits per heavy atom. The molecule has 1 unspecified atom stereocenters. The van der Waals surface area contributed by atoms with E-state index >= 15 is 0 Å². The van der Waals surface area contributed by atoms with E-state index in [-0.39, 0.29) is 0 Å². The first-order chi connectivity index (χ1) is 7.75. The van der Waals surface area contributed by atoms with Crippen LogP contribution in [-0.4, -0.2) is 19.3 Å². The molecule has 1 aliphatic rings. The molecule has 0 radical (unpaired) electrons. The van der Waals surface area contributed by atoms with Crippen LogP contribution >= 0.6 is 15.9 Å². The van der Waals surface area contributed by atoms with E-state index in [4.69, 9.17) is 10.5 Å². The van der Waals surface area contributed by atoms with Gasteiger partial charge in [-0.1, -0.05) is 15.9 Å². The lowest BCUT2D eigenvalue weighted by molar-refractivity contribution is 0.110. The number of anilines is 1. The molecule has 88 valence electrons. The lowest BCUT2D eigenvalue weighted by Crippen LogP contribution is -2.25. The van der Waals surface area contributed by atoms with Crippen molar-refractivity contribution < 1.29 is 4.74 Å². The molecule has 1 aromatic carbocycles. The summed E-state index contributed by atoms with van der Waals surface area (Å²) in [6.07, 6.45) is 2.75. The van der Waals surface area contributed by atoms with E-state index in [9.17, 15) is 0 Å². The van der Waals surface area contributed by atoms with Gasteiger partial charge < -0.3 is 15.8 Å². The van der Waals surface area contributed by atoms with Gasteiger partial charge in [0.2, 0.25) is 0 Å². The molecule has 0 saturated carbocycles. The largest absolute Gasteiger partial charge is 0.399 e. The summed E-state index contributed by atoms with van der Waals surface area (Å²) in [6.45, 7) is 2.65. The highest BCUT2D eigenvalue weighted by Gasteiger charge is 2.14. The van der Waals surface area contributed by atoms with Gasteiger partial charge in [-0.05, 0) is 36.6 Å². The molecule has 1 heterocycles. The molecule has 1 aromatic rings. The first-order valence-electron chi connectivity index (χ1n) is 5.62. The predicted octanol–water partition coefficient (Wildman–Crippen LogP) is 2.30. The Hall–Kier alpha value is -0.580. The number of hydrogen-bond acceptors (Lipinski definition) is 3. The van der Waals surface area contributed by atoms with Crippen molar-refractivity contribution in [3.63, 3.8) is 0 Å². The van der Waals surface area contributed by atoms with Crippen LogP contribution in [0.15, 0.2) is 22.7 Å². The number of benzene rings is 1.